The van der Waals surface area contributed by atoms with E-state index in [1.165, 1.54) is 12.1 Å². The molecular formula is C15H8F2O2. The molecule has 0 atom stereocenters. The summed E-state index contributed by atoms with van der Waals surface area (Å²) < 4.78 is 27.4. The molecule has 0 fully saturated rings. The number of fused-ring (bicyclic) bond motifs is 2. The topological polar surface area (TPSA) is 34.1 Å². The van der Waals surface area contributed by atoms with Crippen LogP contribution in [-0.4, -0.2) is 11.6 Å². The molecule has 0 radical (unpaired) electrons. The van der Waals surface area contributed by atoms with E-state index >= 15 is 0 Å². The lowest BCUT2D eigenvalue weighted by Gasteiger charge is -2.18. The number of carbonyl (C=O) groups is 2. The van der Waals surface area contributed by atoms with Crippen molar-refractivity contribution in [3.63, 3.8) is 0 Å². The Hall–Kier alpha value is -2.36. The summed E-state index contributed by atoms with van der Waals surface area (Å²) in [7, 11) is 0. The Bertz CT molecular complexity index is 748. The number of rotatable bonds is 0. The van der Waals surface area contributed by atoms with Crippen molar-refractivity contribution < 1.29 is 18.4 Å². The summed E-state index contributed by atoms with van der Waals surface area (Å²) in [4.78, 5) is 24.4. The molecule has 4 heteroatoms. The summed E-state index contributed by atoms with van der Waals surface area (Å²) >= 11 is 0. The molecule has 0 aromatic heterocycles. The lowest BCUT2D eigenvalue weighted by atomic mass is 9.83. The smallest absolute Gasteiger partial charge is 0.197 e. The fourth-order valence-electron chi connectivity index (χ4n) is 2.31. The Labute approximate surface area is 107 Å². The quantitative estimate of drug-likeness (QED) is 0.621. The molecule has 1 aliphatic carbocycles. The van der Waals surface area contributed by atoms with Gasteiger partial charge in [0.1, 0.15) is 11.6 Å². The molecule has 0 heterocycles. The van der Waals surface area contributed by atoms with Crippen molar-refractivity contribution in [3.8, 4) is 0 Å². The molecule has 0 N–H and O–H groups in total. The molecule has 19 heavy (non-hydrogen) atoms. The van der Waals surface area contributed by atoms with Gasteiger partial charge in [-0.2, -0.15) is 0 Å². The first-order valence-electron chi connectivity index (χ1n) is 5.68. The van der Waals surface area contributed by atoms with Crippen LogP contribution in [0.4, 0.5) is 8.78 Å². The molecule has 2 aromatic rings. The number of hydrogen-bond donors (Lipinski definition) is 0. The normalized spacial score (nSPS) is 13.2. The molecule has 0 saturated heterocycles. The summed E-state index contributed by atoms with van der Waals surface area (Å²) in [5, 5.41) is 0. The summed E-state index contributed by atoms with van der Waals surface area (Å²) in [6, 6.07) is 6.37. The van der Waals surface area contributed by atoms with Crippen LogP contribution >= 0.6 is 0 Å². The predicted molar refractivity (Wildman–Crippen MR) is 64.4 cm³/mol. The van der Waals surface area contributed by atoms with Gasteiger partial charge >= 0.3 is 0 Å². The predicted octanol–water partition coefficient (Wildman–Crippen LogP) is 3.05. The molecule has 0 saturated carbocycles. The Morgan fingerprint density at radius 2 is 1.32 bits per heavy atom. The van der Waals surface area contributed by atoms with Crippen molar-refractivity contribution in [3.05, 3.63) is 69.8 Å². The van der Waals surface area contributed by atoms with Gasteiger partial charge in [0.05, 0.1) is 11.1 Å². The average molecular weight is 258 g/mol. The van der Waals surface area contributed by atoms with E-state index in [1.54, 1.807) is 13.0 Å². The minimum atomic E-state index is -0.874. The second-order valence-electron chi connectivity index (χ2n) is 4.49. The van der Waals surface area contributed by atoms with Gasteiger partial charge in [0, 0.05) is 11.1 Å². The molecular weight excluding hydrogens is 250 g/mol. The first kappa shape index (κ1) is 11.7. The zero-order valence-corrected chi connectivity index (χ0v) is 9.96. The van der Waals surface area contributed by atoms with E-state index in [2.05, 4.69) is 0 Å². The van der Waals surface area contributed by atoms with E-state index in [0.717, 1.165) is 17.7 Å². The summed E-state index contributed by atoms with van der Waals surface area (Å²) in [6.45, 7) is 1.76. The van der Waals surface area contributed by atoms with Crippen LogP contribution in [0.25, 0.3) is 0 Å². The van der Waals surface area contributed by atoms with Gasteiger partial charge in [0.25, 0.3) is 0 Å². The van der Waals surface area contributed by atoms with Crippen LogP contribution < -0.4 is 0 Å². The van der Waals surface area contributed by atoms with E-state index < -0.39 is 34.3 Å². The van der Waals surface area contributed by atoms with Crippen molar-refractivity contribution in [2.75, 3.05) is 0 Å². The van der Waals surface area contributed by atoms with Crippen LogP contribution in [0, 0.1) is 18.6 Å². The third-order valence-electron chi connectivity index (χ3n) is 3.22. The molecule has 1 aliphatic rings. The second-order valence-corrected chi connectivity index (χ2v) is 4.49. The lowest BCUT2D eigenvalue weighted by Crippen LogP contribution is -2.24. The monoisotopic (exact) mass is 258 g/mol. The highest BCUT2D eigenvalue weighted by atomic mass is 19.1. The Kier molecular flexibility index (Phi) is 2.35. The number of benzene rings is 2. The molecule has 0 spiro atoms. The van der Waals surface area contributed by atoms with Crippen LogP contribution in [0.5, 0.6) is 0 Å². The van der Waals surface area contributed by atoms with E-state index in [4.69, 9.17) is 0 Å². The van der Waals surface area contributed by atoms with Gasteiger partial charge in [0.15, 0.2) is 11.6 Å². The van der Waals surface area contributed by atoms with Gasteiger partial charge in [-0.05, 0) is 25.1 Å². The van der Waals surface area contributed by atoms with E-state index in [9.17, 15) is 18.4 Å². The molecule has 3 rings (SSSR count). The van der Waals surface area contributed by atoms with Crippen molar-refractivity contribution in [1.29, 1.82) is 0 Å². The fraction of sp³-hybridized carbons (Fsp3) is 0.0667. The van der Waals surface area contributed by atoms with Crippen LogP contribution in [0.3, 0.4) is 0 Å². The maximum atomic E-state index is 13.7. The van der Waals surface area contributed by atoms with Gasteiger partial charge in [-0.15, -0.1) is 0 Å². The fourth-order valence-corrected chi connectivity index (χ4v) is 2.31. The highest BCUT2D eigenvalue weighted by Gasteiger charge is 2.34. The average Bonchev–Trinajstić information content (AvgIpc) is 2.38. The maximum Gasteiger partial charge on any atom is 0.197 e. The van der Waals surface area contributed by atoms with E-state index in [-0.39, 0.29) is 11.1 Å². The summed E-state index contributed by atoms with van der Waals surface area (Å²) in [5.74, 6) is -3.05. The molecule has 2 nitrogen and oxygen atoms in total. The van der Waals surface area contributed by atoms with Crippen molar-refractivity contribution >= 4 is 11.6 Å². The van der Waals surface area contributed by atoms with Gasteiger partial charge in [-0.1, -0.05) is 17.7 Å². The number of carbonyl (C=O) groups excluding carboxylic acids is 2. The van der Waals surface area contributed by atoms with Crippen molar-refractivity contribution in [2.45, 2.75) is 6.92 Å². The standard InChI is InChI=1S/C15H8F2O2/c1-7-2-3-8-9(6-7)15(19)13-11(17)5-4-10(16)12(13)14(8)18/h2-6H,1H3. The number of halogens is 2. The third kappa shape index (κ3) is 1.53. The molecule has 0 aliphatic heterocycles. The van der Waals surface area contributed by atoms with Gasteiger partial charge in [0.2, 0.25) is 0 Å². The molecule has 2 aromatic carbocycles. The maximum absolute atomic E-state index is 13.7. The summed E-state index contributed by atoms with van der Waals surface area (Å²) in [6.07, 6.45) is 0. The van der Waals surface area contributed by atoms with Crippen LogP contribution in [0.1, 0.15) is 37.4 Å². The van der Waals surface area contributed by atoms with Gasteiger partial charge in [-0.3, -0.25) is 9.59 Å². The SMILES string of the molecule is Cc1ccc2c(c1)C(=O)c1c(F)ccc(F)c1C2=O. The Morgan fingerprint density at radius 1 is 0.789 bits per heavy atom. The van der Waals surface area contributed by atoms with Crippen molar-refractivity contribution in [1.82, 2.24) is 0 Å². The zero-order chi connectivity index (χ0) is 13.7. The largest absolute Gasteiger partial charge is 0.288 e. The minimum absolute atomic E-state index is 0.118. The van der Waals surface area contributed by atoms with Crippen LogP contribution in [-0.2, 0) is 0 Å². The zero-order valence-electron chi connectivity index (χ0n) is 9.96. The van der Waals surface area contributed by atoms with Crippen molar-refractivity contribution in [2.24, 2.45) is 0 Å². The minimum Gasteiger partial charge on any atom is -0.288 e. The second kappa shape index (κ2) is 3.82. The van der Waals surface area contributed by atoms with Crippen LogP contribution in [0.2, 0.25) is 0 Å². The van der Waals surface area contributed by atoms with Gasteiger partial charge in [-0.25, -0.2) is 8.78 Å². The van der Waals surface area contributed by atoms with E-state index in [1.807, 2.05) is 0 Å². The van der Waals surface area contributed by atoms with Crippen LogP contribution in [0.15, 0.2) is 30.3 Å². The lowest BCUT2D eigenvalue weighted by molar-refractivity contribution is 0.0972. The highest BCUT2D eigenvalue weighted by molar-refractivity contribution is 6.28. The van der Waals surface area contributed by atoms with Gasteiger partial charge < -0.3 is 0 Å². The number of ketones is 2. The Morgan fingerprint density at radius 3 is 1.89 bits per heavy atom. The first-order chi connectivity index (χ1) is 9.00. The number of hydrogen-bond acceptors (Lipinski definition) is 2. The Balaban J connectivity index is 2.39. The highest BCUT2D eigenvalue weighted by Crippen LogP contribution is 2.31. The molecule has 94 valence electrons. The third-order valence-corrected chi connectivity index (χ3v) is 3.22. The first-order valence-corrected chi connectivity index (χ1v) is 5.68. The summed E-state index contributed by atoms with van der Waals surface area (Å²) in [5.41, 5.74) is 0.0826. The number of aryl methyl sites for hydroxylation is 1. The molecule has 0 amide bonds. The molecule has 0 bridgehead atoms. The molecule has 0 unspecified atom stereocenters. The van der Waals surface area contributed by atoms with E-state index in [0.29, 0.717) is 0 Å².